The molecule has 112 valence electrons. The number of carbonyl (C=O) groups excluding carboxylic acids is 1. The van der Waals surface area contributed by atoms with Crippen LogP contribution >= 0.6 is 0 Å². The van der Waals surface area contributed by atoms with Crippen molar-refractivity contribution < 1.29 is 13.6 Å². The van der Waals surface area contributed by atoms with Gasteiger partial charge in [0, 0.05) is 38.5 Å². The third-order valence-electron chi connectivity index (χ3n) is 4.22. The van der Waals surface area contributed by atoms with Crippen molar-refractivity contribution >= 4 is 16.9 Å². The molecule has 1 atom stereocenters. The van der Waals surface area contributed by atoms with Crippen molar-refractivity contribution in [3.05, 3.63) is 35.8 Å². The maximum atomic E-state index is 13.2. The van der Waals surface area contributed by atoms with Crippen LogP contribution in [0.25, 0.3) is 11.0 Å². The third kappa shape index (κ3) is 2.78. The smallest absolute Gasteiger partial charge is 0.219 e. The van der Waals surface area contributed by atoms with Gasteiger partial charge in [-0.1, -0.05) is 0 Å². The highest BCUT2D eigenvalue weighted by atomic mass is 19.1. The molecule has 1 fully saturated rings. The maximum absolute atomic E-state index is 13.2. The SMILES string of the molecule is CC(=O)N1CCN(C(C)c2cc3cc(F)ccc3o2)CC1. The molecule has 3 rings (SSSR count). The Labute approximate surface area is 123 Å². The zero-order chi connectivity index (χ0) is 15.0. The highest BCUT2D eigenvalue weighted by Crippen LogP contribution is 2.28. The molecule has 5 heteroatoms. The fourth-order valence-corrected chi connectivity index (χ4v) is 2.84. The van der Waals surface area contributed by atoms with E-state index in [1.54, 1.807) is 13.0 Å². The van der Waals surface area contributed by atoms with Crippen LogP contribution in [0.1, 0.15) is 25.6 Å². The van der Waals surface area contributed by atoms with Gasteiger partial charge in [-0.15, -0.1) is 0 Å². The highest BCUT2D eigenvalue weighted by molar-refractivity contribution is 5.78. The first-order valence-corrected chi connectivity index (χ1v) is 7.23. The van der Waals surface area contributed by atoms with Gasteiger partial charge in [0.2, 0.25) is 5.91 Å². The number of benzene rings is 1. The van der Waals surface area contributed by atoms with E-state index in [0.717, 1.165) is 37.3 Å². The van der Waals surface area contributed by atoms with Crippen molar-refractivity contribution in [1.82, 2.24) is 9.80 Å². The minimum atomic E-state index is -0.252. The minimum absolute atomic E-state index is 0.120. The van der Waals surface area contributed by atoms with Gasteiger partial charge in [0.15, 0.2) is 0 Å². The number of furan rings is 1. The summed E-state index contributed by atoms with van der Waals surface area (Å²) < 4.78 is 19.1. The van der Waals surface area contributed by atoms with E-state index in [-0.39, 0.29) is 17.8 Å². The number of halogens is 1. The molecule has 21 heavy (non-hydrogen) atoms. The number of rotatable bonds is 2. The van der Waals surface area contributed by atoms with Crippen LogP contribution in [0.3, 0.4) is 0 Å². The van der Waals surface area contributed by atoms with Gasteiger partial charge in [-0.25, -0.2) is 4.39 Å². The first-order valence-electron chi connectivity index (χ1n) is 7.23. The zero-order valence-electron chi connectivity index (χ0n) is 12.3. The second-order valence-corrected chi connectivity index (χ2v) is 5.55. The Hall–Kier alpha value is -1.88. The molecule has 2 aromatic rings. The molecule has 1 aromatic heterocycles. The molecule has 1 unspecified atom stereocenters. The Bertz CT molecular complexity index is 659. The van der Waals surface area contributed by atoms with E-state index < -0.39 is 0 Å². The summed E-state index contributed by atoms with van der Waals surface area (Å²) in [6.45, 7) is 6.83. The quantitative estimate of drug-likeness (QED) is 0.853. The second kappa shape index (κ2) is 5.48. The van der Waals surface area contributed by atoms with Gasteiger partial charge in [-0.05, 0) is 31.2 Å². The lowest BCUT2D eigenvalue weighted by Gasteiger charge is -2.36. The molecule has 0 bridgehead atoms. The summed E-state index contributed by atoms with van der Waals surface area (Å²) in [7, 11) is 0. The van der Waals surface area contributed by atoms with Gasteiger partial charge < -0.3 is 9.32 Å². The number of piperazine rings is 1. The highest BCUT2D eigenvalue weighted by Gasteiger charge is 2.25. The first kappa shape index (κ1) is 14.1. The van der Waals surface area contributed by atoms with Gasteiger partial charge in [-0.2, -0.15) is 0 Å². The fourth-order valence-electron chi connectivity index (χ4n) is 2.84. The van der Waals surface area contributed by atoms with E-state index >= 15 is 0 Å². The first-order chi connectivity index (χ1) is 10.0. The van der Waals surface area contributed by atoms with Crippen molar-refractivity contribution in [3.63, 3.8) is 0 Å². The van der Waals surface area contributed by atoms with Crippen LogP contribution in [-0.4, -0.2) is 41.9 Å². The monoisotopic (exact) mass is 290 g/mol. The molecule has 0 aliphatic carbocycles. The Kier molecular flexibility index (Phi) is 3.68. The van der Waals surface area contributed by atoms with Crippen LogP contribution in [0, 0.1) is 5.82 Å². The molecule has 1 aromatic carbocycles. The van der Waals surface area contributed by atoms with Crippen LogP contribution in [0.4, 0.5) is 4.39 Å². The van der Waals surface area contributed by atoms with Crippen molar-refractivity contribution in [2.45, 2.75) is 19.9 Å². The number of fused-ring (bicyclic) bond motifs is 1. The Balaban J connectivity index is 1.75. The standard InChI is InChI=1S/C16H19FN2O2/c1-11(18-5-7-19(8-6-18)12(2)20)16-10-13-9-14(17)3-4-15(13)21-16/h3-4,9-11H,5-8H2,1-2H3. The van der Waals surface area contributed by atoms with Gasteiger partial charge in [-0.3, -0.25) is 9.69 Å². The lowest BCUT2D eigenvalue weighted by atomic mass is 10.1. The summed E-state index contributed by atoms with van der Waals surface area (Å²) >= 11 is 0. The van der Waals surface area contributed by atoms with Crippen LogP contribution in [0.2, 0.25) is 0 Å². The summed E-state index contributed by atoms with van der Waals surface area (Å²) in [6.07, 6.45) is 0. The summed E-state index contributed by atoms with van der Waals surface area (Å²) in [5.74, 6) is 0.714. The average Bonchev–Trinajstić information content (AvgIpc) is 2.89. The zero-order valence-corrected chi connectivity index (χ0v) is 12.3. The molecular formula is C16H19FN2O2. The number of nitrogens with zero attached hydrogens (tertiary/aromatic N) is 2. The average molecular weight is 290 g/mol. The van der Waals surface area contributed by atoms with Crippen molar-refractivity contribution in [1.29, 1.82) is 0 Å². The number of hydrogen-bond donors (Lipinski definition) is 0. The molecular weight excluding hydrogens is 271 g/mol. The van der Waals surface area contributed by atoms with E-state index in [2.05, 4.69) is 11.8 Å². The second-order valence-electron chi connectivity index (χ2n) is 5.55. The Morgan fingerprint density at radius 3 is 2.62 bits per heavy atom. The van der Waals surface area contributed by atoms with Crippen LogP contribution in [0.5, 0.6) is 0 Å². The predicted octanol–water partition coefficient (Wildman–Crippen LogP) is 2.80. The van der Waals surface area contributed by atoms with E-state index in [1.807, 2.05) is 11.0 Å². The number of carbonyl (C=O) groups is 1. The molecule has 0 radical (unpaired) electrons. The van der Waals surface area contributed by atoms with Gasteiger partial charge in [0.05, 0.1) is 6.04 Å². The molecule has 1 amide bonds. The van der Waals surface area contributed by atoms with Gasteiger partial charge >= 0.3 is 0 Å². The summed E-state index contributed by atoms with van der Waals surface area (Å²) in [5.41, 5.74) is 0.709. The van der Waals surface area contributed by atoms with E-state index in [1.165, 1.54) is 12.1 Å². The summed E-state index contributed by atoms with van der Waals surface area (Å²) in [6, 6.07) is 6.58. The van der Waals surface area contributed by atoms with Crippen molar-refractivity contribution in [2.75, 3.05) is 26.2 Å². The Morgan fingerprint density at radius 2 is 1.95 bits per heavy atom. The lowest BCUT2D eigenvalue weighted by Crippen LogP contribution is -2.48. The summed E-state index contributed by atoms with van der Waals surface area (Å²) in [5, 5.41) is 0.791. The summed E-state index contributed by atoms with van der Waals surface area (Å²) in [4.78, 5) is 15.5. The van der Waals surface area contributed by atoms with Crippen LogP contribution in [0.15, 0.2) is 28.7 Å². The van der Waals surface area contributed by atoms with Crippen molar-refractivity contribution in [2.24, 2.45) is 0 Å². The molecule has 1 aliphatic rings. The van der Waals surface area contributed by atoms with Crippen molar-refractivity contribution in [3.8, 4) is 0 Å². The molecule has 1 aliphatic heterocycles. The molecule has 1 saturated heterocycles. The molecule has 0 spiro atoms. The van der Waals surface area contributed by atoms with Gasteiger partial charge in [0.25, 0.3) is 0 Å². The maximum Gasteiger partial charge on any atom is 0.219 e. The molecule has 0 N–H and O–H groups in total. The van der Waals surface area contributed by atoms with E-state index in [4.69, 9.17) is 4.42 Å². The van der Waals surface area contributed by atoms with Crippen LogP contribution in [-0.2, 0) is 4.79 Å². The molecule has 0 saturated carbocycles. The number of hydrogen-bond acceptors (Lipinski definition) is 3. The fraction of sp³-hybridized carbons (Fsp3) is 0.438. The van der Waals surface area contributed by atoms with Gasteiger partial charge in [0.1, 0.15) is 17.2 Å². The number of amides is 1. The predicted molar refractivity (Wildman–Crippen MR) is 78.4 cm³/mol. The molecule has 4 nitrogen and oxygen atoms in total. The minimum Gasteiger partial charge on any atom is -0.459 e. The lowest BCUT2D eigenvalue weighted by molar-refractivity contribution is -0.130. The van der Waals surface area contributed by atoms with E-state index in [0.29, 0.717) is 5.58 Å². The largest absolute Gasteiger partial charge is 0.459 e. The normalized spacial score (nSPS) is 18.1. The van der Waals surface area contributed by atoms with Crippen LogP contribution < -0.4 is 0 Å². The third-order valence-corrected chi connectivity index (χ3v) is 4.22. The topological polar surface area (TPSA) is 36.7 Å². The van der Waals surface area contributed by atoms with E-state index in [9.17, 15) is 9.18 Å². The molecule has 2 heterocycles. The Morgan fingerprint density at radius 1 is 1.24 bits per heavy atom.